The summed E-state index contributed by atoms with van der Waals surface area (Å²) in [4.78, 5) is 25.5. The number of anilines is 1. The Morgan fingerprint density at radius 1 is 1.23 bits per heavy atom. The van der Waals surface area contributed by atoms with E-state index < -0.39 is 0 Å². The van der Waals surface area contributed by atoms with Gasteiger partial charge in [0.15, 0.2) is 5.69 Å². The Hall–Kier alpha value is -2.13. The molecule has 138 valence electrons. The molecule has 6 nitrogen and oxygen atoms in total. The van der Waals surface area contributed by atoms with Crippen LogP contribution in [-0.2, 0) is 4.79 Å². The van der Waals surface area contributed by atoms with Gasteiger partial charge in [-0.1, -0.05) is 0 Å². The minimum atomic E-state index is -0.301. The highest BCUT2D eigenvalue weighted by atomic mass is 16.3. The number of nitrogens with zero attached hydrogens (tertiary/aromatic N) is 4. The number of amides is 1. The van der Waals surface area contributed by atoms with Crippen molar-refractivity contribution in [2.45, 2.75) is 57.1 Å². The van der Waals surface area contributed by atoms with Crippen molar-refractivity contribution in [3.63, 3.8) is 0 Å². The van der Waals surface area contributed by atoms with E-state index in [0.29, 0.717) is 24.2 Å². The Morgan fingerprint density at radius 3 is 2.81 bits per heavy atom. The van der Waals surface area contributed by atoms with Gasteiger partial charge in [-0.2, -0.15) is 0 Å². The van der Waals surface area contributed by atoms with Crippen molar-refractivity contribution in [3.8, 4) is 0 Å². The lowest BCUT2D eigenvalue weighted by Crippen LogP contribution is -2.50. The summed E-state index contributed by atoms with van der Waals surface area (Å²) in [6.07, 6.45) is 7.77. The van der Waals surface area contributed by atoms with Crippen LogP contribution in [-0.4, -0.2) is 52.7 Å². The third-order valence-corrected chi connectivity index (χ3v) is 6.41. The molecule has 1 aromatic heterocycles. The largest absolute Gasteiger partial charge is 0.393 e. The molecule has 3 fully saturated rings. The highest BCUT2D eigenvalue weighted by Gasteiger charge is 2.50. The highest BCUT2D eigenvalue weighted by Crippen LogP contribution is 2.43. The van der Waals surface area contributed by atoms with Crippen LogP contribution >= 0.6 is 0 Å². The molecule has 26 heavy (non-hydrogen) atoms. The van der Waals surface area contributed by atoms with E-state index in [9.17, 15) is 9.90 Å². The third-order valence-electron chi connectivity index (χ3n) is 6.41. The van der Waals surface area contributed by atoms with Crippen LogP contribution in [0.15, 0.2) is 18.3 Å². The molecule has 3 aliphatic rings. The van der Waals surface area contributed by atoms with Crippen molar-refractivity contribution in [1.29, 1.82) is 0 Å². The number of rotatable bonds is 2. The van der Waals surface area contributed by atoms with Gasteiger partial charge in [0.2, 0.25) is 5.91 Å². The van der Waals surface area contributed by atoms with Crippen LogP contribution in [0.2, 0.25) is 0 Å². The number of aliphatic hydroxyl groups is 1. The molecule has 0 radical (unpaired) electrons. The zero-order chi connectivity index (χ0) is 18.1. The minimum absolute atomic E-state index is 0.191. The summed E-state index contributed by atoms with van der Waals surface area (Å²) in [5.74, 6) is 1.11. The fourth-order valence-electron chi connectivity index (χ4n) is 4.92. The summed E-state index contributed by atoms with van der Waals surface area (Å²) < 4.78 is 0. The molecule has 2 aliphatic heterocycles. The number of carbonyl (C=O) groups excluding carboxylic acids is 1. The van der Waals surface area contributed by atoms with E-state index in [2.05, 4.69) is 19.6 Å². The van der Waals surface area contributed by atoms with E-state index in [1.165, 1.54) is 0 Å². The smallest absolute Gasteiger partial charge is 0.230 e. The Morgan fingerprint density at radius 2 is 2.04 bits per heavy atom. The third kappa shape index (κ3) is 3.05. The second-order valence-corrected chi connectivity index (χ2v) is 8.00. The monoisotopic (exact) mass is 354 g/mol. The molecule has 1 amide bonds. The first-order valence-corrected chi connectivity index (χ1v) is 9.69. The SMILES string of the molecule is [C-]#[N+]c1ccnc(N2CCC[C@]3(CCN([C@H]4CC[C@H](O)CC4)C3=O)C2)c1. The molecule has 1 spiro atoms. The average molecular weight is 354 g/mol. The summed E-state index contributed by atoms with van der Waals surface area (Å²) in [6, 6.07) is 3.84. The highest BCUT2D eigenvalue weighted by molar-refractivity contribution is 5.86. The maximum absolute atomic E-state index is 13.3. The first-order chi connectivity index (χ1) is 12.6. The normalized spacial score (nSPS) is 32.1. The van der Waals surface area contributed by atoms with Crippen LogP contribution in [0.1, 0.15) is 44.9 Å². The molecule has 3 heterocycles. The van der Waals surface area contributed by atoms with Crippen molar-refractivity contribution in [3.05, 3.63) is 29.7 Å². The van der Waals surface area contributed by atoms with Gasteiger partial charge in [-0.05, 0) is 57.1 Å². The fraction of sp³-hybridized carbons (Fsp3) is 0.650. The van der Waals surface area contributed by atoms with Crippen LogP contribution in [0.4, 0.5) is 11.5 Å². The summed E-state index contributed by atoms with van der Waals surface area (Å²) >= 11 is 0. The molecular formula is C20H26N4O2. The molecule has 1 N–H and O–H groups in total. The van der Waals surface area contributed by atoms with Gasteiger partial charge in [-0.15, -0.1) is 0 Å². The van der Waals surface area contributed by atoms with Crippen molar-refractivity contribution in [1.82, 2.24) is 9.88 Å². The van der Waals surface area contributed by atoms with Gasteiger partial charge in [-0.3, -0.25) is 4.79 Å². The van der Waals surface area contributed by atoms with Gasteiger partial charge in [0.25, 0.3) is 0 Å². The van der Waals surface area contributed by atoms with Crippen LogP contribution in [0, 0.1) is 12.0 Å². The number of hydrogen-bond donors (Lipinski definition) is 1. The quantitative estimate of drug-likeness (QED) is 0.830. The molecule has 0 unspecified atom stereocenters. The molecule has 1 saturated carbocycles. The Labute approximate surface area is 154 Å². The van der Waals surface area contributed by atoms with Crippen LogP contribution < -0.4 is 4.90 Å². The lowest BCUT2D eigenvalue weighted by atomic mass is 9.78. The molecule has 1 aliphatic carbocycles. The number of hydrogen-bond acceptors (Lipinski definition) is 4. The zero-order valence-corrected chi connectivity index (χ0v) is 15.1. The second-order valence-electron chi connectivity index (χ2n) is 8.00. The summed E-state index contributed by atoms with van der Waals surface area (Å²) in [5, 5.41) is 9.74. The number of piperidine rings is 1. The predicted molar refractivity (Wildman–Crippen MR) is 99.0 cm³/mol. The summed E-state index contributed by atoms with van der Waals surface area (Å²) in [6.45, 7) is 9.63. The lowest BCUT2D eigenvalue weighted by molar-refractivity contribution is -0.139. The van der Waals surface area contributed by atoms with Gasteiger partial charge in [0.05, 0.1) is 18.1 Å². The number of carbonyl (C=O) groups is 1. The standard InChI is InChI=1S/C20H26N4O2/c1-21-15-7-10-22-18(13-15)23-11-2-8-20(14-23)9-12-24(19(20)26)16-3-5-17(25)6-4-16/h7,10,13,16-17,25H,2-6,8-9,11-12,14H2/t16-,17-,20-/m0/s1. The average Bonchev–Trinajstić information content (AvgIpc) is 2.98. The van der Waals surface area contributed by atoms with Gasteiger partial charge >= 0.3 is 0 Å². The van der Waals surface area contributed by atoms with Crippen LogP contribution in [0.25, 0.3) is 4.85 Å². The number of aromatic nitrogens is 1. The Balaban J connectivity index is 1.50. The Kier molecular flexibility index (Phi) is 4.58. The van der Waals surface area contributed by atoms with Crippen molar-refractivity contribution < 1.29 is 9.90 Å². The van der Waals surface area contributed by atoms with Crippen LogP contribution in [0.5, 0.6) is 0 Å². The summed E-state index contributed by atoms with van der Waals surface area (Å²) in [7, 11) is 0. The van der Waals surface area contributed by atoms with E-state index in [1.54, 1.807) is 12.3 Å². The number of pyridine rings is 1. The molecule has 1 aromatic rings. The van der Waals surface area contributed by atoms with Gasteiger partial charge in [0, 0.05) is 31.9 Å². The molecule has 0 bridgehead atoms. The van der Waals surface area contributed by atoms with Gasteiger partial charge < -0.3 is 14.9 Å². The second kappa shape index (κ2) is 6.88. The molecule has 4 rings (SSSR count). The maximum atomic E-state index is 13.3. The number of likely N-dealkylation sites (tertiary alicyclic amines) is 1. The first-order valence-electron chi connectivity index (χ1n) is 9.69. The maximum Gasteiger partial charge on any atom is 0.230 e. The van der Waals surface area contributed by atoms with E-state index in [0.717, 1.165) is 63.9 Å². The van der Waals surface area contributed by atoms with Crippen molar-refractivity contribution in [2.75, 3.05) is 24.5 Å². The van der Waals surface area contributed by atoms with E-state index in [1.807, 2.05) is 6.07 Å². The fourth-order valence-corrected chi connectivity index (χ4v) is 4.92. The van der Waals surface area contributed by atoms with Gasteiger partial charge in [-0.25, -0.2) is 9.83 Å². The van der Waals surface area contributed by atoms with E-state index in [4.69, 9.17) is 6.57 Å². The van der Waals surface area contributed by atoms with E-state index >= 15 is 0 Å². The predicted octanol–water partition coefficient (Wildman–Crippen LogP) is 2.75. The Bertz CT molecular complexity index is 723. The zero-order valence-electron chi connectivity index (χ0n) is 15.1. The minimum Gasteiger partial charge on any atom is -0.393 e. The molecule has 1 atom stereocenters. The first kappa shape index (κ1) is 17.3. The van der Waals surface area contributed by atoms with Gasteiger partial charge in [0.1, 0.15) is 5.82 Å². The van der Waals surface area contributed by atoms with Crippen molar-refractivity contribution in [2.24, 2.45) is 5.41 Å². The molecule has 2 saturated heterocycles. The summed E-state index contributed by atoms with van der Waals surface area (Å²) in [5.41, 5.74) is 0.291. The topological polar surface area (TPSA) is 61.0 Å². The lowest BCUT2D eigenvalue weighted by Gasteiger charge is -2.41. The molecule has 6 heteroatoms. The molecular weight excluding hydrogens is 328 g/mol. The van der Waals surface area contributed by atoms with Crippen molar-refractivity contribution >= 4 is 17.4 Å². The molecule has 0 aromatic carbocycles. The number of aliphatic hydroxyl groups excluding tert-OH is 1. The van der Waals surface area contributed by atoms with E-state index in [-0.39, 0.29) is 11.5 Å². The van der Waals surface area contributed by atoms with Crippen LogP contribution in [0.3, 0.4) is 0 Å².